The van der Waals surface area contributed by atoms with Crippen LogP contribution in [0, 0.1) is 11.8 Å². The number of hydrogen-bond acceptors (Lipinski definition) is 5. The van der Waals surface area contributed by atoms with E-state index < -0.39 is 18.0 Å². The lowest BCUT2D eigenvalue weighted by molar-refractivity contribution is -0.709. The van der Waals surface area contributed by atoms with Gasteiger partial charge in [-0.3, -0.25) is 4.79 Å². The largest absolute Gasteiger partial charge is 0.477 e. The summed E-state index contributed by atoms with van der Waals surface area (Å²) in [5, 5.41) is 21.1. The first-order chi connectivity index (χ1) is 12.3. The molecule has 140 valence electrons. The fourth-order valence-corrected chi connectivity index (χ4v) is 6.93. The molecule has 3 aliphatic heterocycles. The zero-order valence-corrected chi connectivity index (χ0v) is 16.5. The average molecular weight is 397 g/mol. The maximum Gasteiger partial charge on any atom is 0.353 e. The van der Waals surface area contributed by atoms with E-state index in [4.69, 9.17) is 0 Å². The molecule has 0 spiro atoms. The van der Waals surface area contributed by atoms with Crippen LogP contribution in [0.3, 0.4) is 0 Å². The zero-order valence-electron chi connectivity index (χ0n) is 14.8. The molecule has 4 rings (SSSR count). The van der Waals surface area contributed by atoms with Gasteiger partial charge < -0.3 is 15.1 Å². The van der Waals surface area contributed by atoms with E-state index in [2.05, 4.69) is 9.13 Å². The molecule has 7 nitrogen and oxygen atoms in total. The van der Waals surface area contributed by atoms with Gasteiger partial charge in [0.1, 0.15) is 24.6 Å². The molecule has 0 aliphatic carbocycles. The predicted molar refractivity (Wildman–Crippen MR) is 97.3 cm³/mol. The van der Waals surface area contributed by atoms with Crippen LogP contribution in [0.4, 0.5) is 0 Å². The Bertz CT molecular complexity index is 819. The molecule has 0 aromatic carbocycles. The number of fused-ring (bicyclic) bond motifs is 2. The first-order valence-electron chi connectivity index (χ1n) is 8.64. The third kappa shape index (κ3) is 2.51. The molecule has 1 amide bonds. The van der Waals surface area contributed by atoms with Gasteiger partial charge in [-0.25, -0.2) is 13.9 Å². The normalized spacial score (nSPS) is 31.5. The highest BCUT2D eigenvalue weighted by Crippen LogP contribution is 2.52. The Balaban J connectivity index is 1.59. The summed E-state index contributed by atoms with van der Waals surface area (Å²) in [6.07, 6.45) is 3.30. The van der Waals surface area contributed by atoms with Crippen LogP contribution in [-0.4, -0.2) is 54.7 Å². The Labute approximate surface area is 160 Å². The number of imidazole rings is 1. The number of hydrogen-bond donors (Lipinski definition) is 2. The molecule has 1 aromatic heterocycles. The molecule has 4 heterocycles. The van der Waals surface area contributed by atoms with Crippen molar-refractivity contribution in [3.63, 3.8) is 0 Å². The maximum atomic E-state index is 12.4. The van der Waals surface area contributed by atoms with Crippen LogP contribution in [-0.2, 0) is 23.2 Å². The third-order valence-electron chi connectivity index (χ3n) is 5.42. The number of aryl methyl sites for hydroxylation is 1. The first kappa shape index (κ1) is 17.9. The summed E-state index contributed by atoms with van der Waals surface area (Å²) >= 11 is 3.34. The van der Waals surface area contributed by atoms with E-state index in [1.807, 2.05) is 26.4 Å². The highest BCUT2D eigenvalue weighted by molar-refractivity contribution is 8.05. The number of aromatic nitrogens is 2. The highest BCUT2D eigenvalue weighted by Gasteiger charge is 2.60. The van der Waals surface area contributed by atoms with Crippen LogP contribution in [0.15, 0.2) is 28.2 Å². The van der Waals surface area contributed by atoms with Gasteiger partial charge in [-0.05, 0) is 18.7 Å². The number of aliphatic carboxylic acids is 1. The Morgan fingerprint density at radius 3 is 2.88 bits per heavy atom. The van der Waals surface area contributed by atoms with Gasteiger partial charge in [0.25, 0.3) is 0 Å². The van der Waals surface area contributed by atoms with Gasteiger partial charge in [-0.1, -0.05) is 6.92 Å². The number of β-lactam (4-membered cyclic amide) rings is 1. The van der Waals surface area contributed by atoms with Crippen molar-refractivity contribution < 1.29 is 24.4 Å². The van der Waals surface area contributed by atoms with E-state index in [1.54, 1.807) is 30.4 Å². The van der Waals surface area contributed by atoms with Gasteiger partial charge in [0.15, 0.2) is 0 Å². The van der Waals surface area contributed by atoms with Crippen LogP contribution >= 0.6 is 23.5 Å². The van der Waals surface area contributed by atoms with Gasteiger partial charge >= 0.3 is 11.1 Å². The van der Waals surface area contributed by atoms with Crippen molar-refractivity contribution in [2.24, 2.45) is 18.9 Å². The van der Waals surface area contributed by atoms with Crippen LogP contribution in [0.1, 0.15) is 13.8 Å². The number of amides is 1. The molecule has 2 N–H and O–H groups in total. The summed E-state index contributed by atoms with van der Waals surface area (Å²) in [5.41, 5.74) is 0.114. The number of thioether (sulfide) groups is 2. The lowest BCUT2D eigenvalue weighted by atomic mass is 9.79. The van der Waals surface area contributed by atoms with Gasteiger partial charge in [-0.15, -0.1) is 11.8 Å². The Morgan fingerprint density at radius 2 is 2.23 bits per heavy atom. The van der Waals surface area contributed by atoms with E-state index in [0.29, 0.717) is 0 Å². The van der Waals surface area contributed by atoms with Crippen LogP contribution in [0.25, 0.3) is 0 Å². The van der Waals surface area contributed by atoms with Gasteiger partial charge in [0, 0.05) is 16.6 Å². The SMILES string of the molecule is C[C@@H](O)[C@H]1C(=O)N2C(C(=O)O)=C(SC3CSc4n(cc[n+]4C)C3)[C@H](C)[C@H]12. The molecule has 9 heteroatoms. The summed E-state index contributed by atoms with van der Waals surface area (Å²) in [6, 6.07) is -0.243. The van der Waals surface area contributed by atoms with Crippen LogP contribution in [0.5, 0.6) is 0 Å². The number of nitrogens with zero attached hydrogens (tertiary/aromatic N) is 3. The topological polar surface area (TPSA) is 86.7 Å². The molecule has 0 radical (unpaired) electrons. The van der Waals surface area contributed by atoms with Gasteiger partial charge in [0.2, 0.25) is 5.91 Å². The van der Waals surface area contributed by atoms with E-state index in [9.17, 15) is 19.8 Å². The zero-order chi connectivity index (χ0) is 18.7. The number of carbonyl (C=O) groups is 2. The summed E-state index contributed by atoms with van der Waals surface area (Å²) in [6.45, 7) is 4.38. The summed E-state index contributed by atoms with van der Waals surface area (Å²) < 4.78 is 4.27. The smallest absolute Gasteiger partial charge is 0.353 e. The Hall–Kier alpha value is -1.45. The van der Waals surface area contributed by atoms with E-state index >= 15 is 0 Å². The molecule has 0 saturated carbocycles. The third-order valence-corrected chi connectivity index (χ3v) is 8.45. The van der Waals surface area contributed by atoms with Crippen LogP contribution in [0.2, 0.25) is 0 Å². The molecular weight excluding hydrogens is 374 g/mol. The standard InChI is InChI=1S/C17H21N3O4S2/c1-8-12-11(9(2)21)15(22)20(12)13(16(23)24)14(8)26-10-6-19-5-4-18(3)17(19)25-7-10/h4-5,8-12,21H,6-7H2,1-3H3/p+1/t8-,9-,10?,11-,12-/m1/s1. The number of carbonyl (C=O) groups excluding carboxylic acids is 1. The van der Waals surface area contributed by atoms with Crippen molar-refractivity contribution >= 4 is 35.4 Å². The second-order valence-corrected chi connectivity index (χ2v) is 9.50. The summed E-state index contributed by atoms with van der Waals surface area (Å²) in [4.78, 5) is 26.4. The Kier molecular flexibility index (Phi) is 4.36. The molecule has 1 saturated heterocycles. The van der Waals surface area contributed by atoms with Gasteiger partial charge in [-0.2, -0.15) is 0 Å². The molecule has 1 unspecified atom stereocenters. The van der Waals surface area contributed by atoms with Gasteiger partial charge in [0.05, 0.1) is 30.4 Å². The quantitative estimate of drug-likeness (QED) is 0.575. The van der Waals surface area contributed by atoms with E-state index in [1.165, 1.54) is 10.1 Å². The van der Waals surface area contributed by atoms with E-state index in [0.717, 1.165) is 17.2 Å². The number of rotatable bonds is 4. The highest BCUT2D eigenvalue weighted by atomic mass is 32.2. The molecular formula is C17H22N3O4S2+. The lowest BCUT2D eigenvalue weighted by Crippen LogP contribution is -2.63. The Morgan fingerprint density at radius 1 is 1.50 bits per heavy atom. The number of carboxylic acids is 1. The van der Waals surface area contributed by atoms with Crippen molar-refractivity contribution in [1.82, 2.24) is 9.47 Å². The molecule has 5 atom stereocenters. The van der Waals surface area contributed by atoms with Crippen molar-refractivity contribution in [2.75, 3.05) is 5.75 Å². The molecule has 0 bridgehead atoms. The molecule has 1 aromatic rings. The first-order valence-corrected chi connectivity index (χ1v) is 10.5. The maximum absolute atomic E-state index is 12.4. The second-order valence-electron chi connectivity index (χ2n) is 7.17. The second kappa shape index (κ2) is 6.31. The molecule has 1 fully saturated rings. The number of aliphatic hydroxyl groups excluding tert-OH is 1. The fourth-order valence-electron chi connectivity index (χ4n) is 4.20. The predicted octanol–water partition coefficient (Wildman–Crippen LogP) is 0.674. The minimum atomic E-state index is -1.06. The van der Waals surface area contributed by atoms with Crippen LogP contribution < -0.4 is 4.57 Å². The minimum absolute atomic E-state index is 0.0735. The number of carboxylic acid groups (broad SMARTS) is 1. The number of aliphatic hydroxyl groups is 1. The minimum Gasteiger partial charge on any atom is -0.477 e. The fraction of sp³-hybridized carbons (Fsp3) is 0.588. The monoisotopic (exact) mass is 396 g/mol. The van der Waals surface area contributed by atoms with Crippen molar-refractivity contribution in [1.29, 1.82) is 0 Å². The summed E-state index contributed by atoms with van der Waals surface area (Å²) in [7, 11) is 2.02. The van der Waals surface area contributed by atoms with Crippen molar-refractivity contribution in [3.8, 4) is 0 Å². The van der Waals surface area contributed by atoms with Crippen molar-refractivity contribution in [3.05, 3.63) is 23.0 Å². The van der Waals surface area contributed by atoms with E-state index in [-0.39, 0.29) is 28.8 Å². The lowest BCUT2D eigenvalue weighted by Gasteiger charge is -2.46. The summed E-state index contributed by atoms with van der Waals surface area (Å²) in [5.74, 6) is -1.02. The molecule has 26 heavy (non-hydrogen) atoms. The average Bonchev–Trinajstić information content (AvgIpc) is 3.05. The van der Waals surface area contributed by atoms with Crippen molar-refractivity contribution in [2.45, 2.75) is 42.9 Å². The molecule has 3 aliphatic rings.